The molecular weight excluding hydrogens is 379 g/mol. The Morgan fingerprint density at radius 2 is 1.85 bits per heavy atom. The maximum absolute atomic E-state index is 11.7. The van der Waals surface area contributed by atoms with E-state index < -0.39 is 10.1 Å². The van der Waals surface area contributed by atoms with Crippen LogP contribution in [0.2, 0.25) is 0 Å². The standard InChI is InChI=1S/C17H16N4O4S.Na.H/c1-2-25-15-7-8-19-10-14(15)21-20-13-9-16(26(22,23)24)11-5-3-4-6-12(11)17(13)18;;/h3-10H,2,18H2,1H3,(H,22,23,24);;/q;+1;-1. The van der Waals surface area contributed by atoms with Crippen LogP contribution in [0.4, 0.5) is 17.1 Å². The minimum Gasteiger partial charge on any atom is -1.00 e. The number of hydrogen-bond acceptors (Lipinski definition) is 7. The molecule has 0 amide bonds. The number of hydrogen-bond donors (Lipinski definition) is 2. The molecule has 0 unspecified atom stereocenters. The summed E-state index contributed by atoms with van der Waals surface area (Å²) in [5.41, 5.74) is 6.85. The molecule has 0 spiro atoms. The van der Waals surface area contributed by atoms with Crippen molar-refractivity contribution < 1.29 is 48.7 Å². The summed E-state index contributed by atoms with van der Waals surface area (Å²) in [6.07, 6.45) is 3.03. The van der Waals surface area contributed by atoms with Crippen LogP contribution in [-0.2, 0) is 10.1 Å². The van der Waals surface area contributed by atoms with Crippen LogP contribution in [0.25, 0.3) is 10.8 Å². The van der Waals surface area contributed by atoms with Gasteiger partial charge in [-0.15, -0.1) is 10.2 Å². The van der Waals surface area contributed by atoms with E-state index >= 15 is 0 Å². The SMILES string of the molecule is CCOc1ccncc1N=Nc1cc(S(=O)(=O)O)c2ccccc2c1N.[H-].[Na+]. The molecule has 0 fully saturated rings. The van der Waals surface area contributed by atoms with Crippen LogP contribution in [-0.4, -0.2) is 24.6 Å². The largest absolute Gasteiger partial charge is 1.00 e. The van der Waals surface area contributed by atoms with E-state index in [2.05, 4.69) is 15.2 Å². The van der Waals surface area contributed by atoms with E-state index in [0.29, 0.717) is 28.8 Å². The van der Waals surface area contributed by atoms with Gasteiger partial charge in [0.15, 0.2) is 0 Å². The van der Waals surface area contributed by atoms with Gasteiger partial charge in [0.1, 0.15) is 22.0 Å². The minimum atomic E-state index is -4.46. The summed E-state index contributed by atoms with van der Waals surface area (Å²) in [5, 5.41) is 8.87. The topological polar surface area (TPSA) is 127 Å². The van der Waals surface area contributed by atoms with E-state index in [1.54, 1.807) is 36.5 Å². The monoisotopic (exact) mass is 396 g/mol. The van der Waals surface area contributed by atoms with Crippen molar-refractivity contribution in [2.75, 3.05) is 12.3 Å². The zero-order chi connectivity index (χ0) is 18.7. The molecule has 0 aliphatic carbocycles. The summed E-state index contributed by atoms with van der Waals surface area (Å²) in [6.45, 7) is 2.28. The van der Waals surface area contributed by atoms with Crippen molar-refractivity contribution in [2.24, 2.45) is 10.2 Å². The maximum atomic E-state index is 11.7. The van der Waals surface area contributed by atoms with Crippen molar-refractivity contribution in [3.05, 3.63) is 48.8 Å². The number of aromatic nitrogens is 1. The third kappa shape index (κ3) is 4.63. The van der Waals surface area contributed by atoms with Crippen molar-refractivity contribution in [1.29, 1.82) is 0 Å². The fourth-order valence-electron chi connectivity index (χ4n) is 2.48. The number of azo groups is 1. The molecule has 10 heteroatoms. The van der Waals surface area contributed by atoms with Crippen LogP contribution in [0.1, 0.15) is 8.35 Å². The molecule has 0 atom stereocenters. The fourth-order valence-corrected chi connectivity index (χ4v) is 3.20. The second-order valence-corrected chi connectivity index (χ2v) is 6.69. The summed E-state index contributed by atoms with van der Waals surface area (Å²) < 4.78 is 38.4. The van der Waals surface area contributed by atoms with Gasteiger partial charge >= 0.3 is 29.6 Å². The summed E-state index contributed by atoms with van der Waals surface area (Å²) >= 11 is 0. The predicted molar refractivity (Wildman–Crippen MR) is 98.9 cm³/mol. The number of rotatable bonds is 5. The molecular formula is C17H17N4NaO4S. The average molecular weight is 396 g/mol. The Balaban J connectivity index is 0.00000196. The van der Waals surface area contributed by atoms with Crippen molar-refractivity contribution in [2.45, 2.75) is 11.8 Å². The number of nitrogens with zero attached hydrogens (tertiary/aromatic N) is 3. The third-order valence-electron chi connectivity index (χ3n) is 3.63. The van der Waals surface area contributed by atoms with Gasteiger partial charge in [-0.25, -0.2) is 0 Å². The number of nitrogen functional groups attached to an aromatic ring is 1. The number of ether oxygens (including phenoxy) is 1. The first-order valence-electron chi connectivity index (χ1n) is 7.69. The number of nitrogens with two attached hydrogens (primary N) is 1. The number of fused-ring (bicyclic) bond motifs is 1. The first-order valence-corrected chi connectivity index (χ1v) is 9.13. The molecule has 0 saturated heterocycles. The number of pyridine rings is 1. The van der Waals surface area contributed by atoms with Crippen molar-refractivity contribution in [1.82, 2.24) is 4.98 Å². The second-order valence-electron chi connectivity index (χ2n) is 5.30. The molecule has 2 aromatic carbocycles. The van der Waals surface area contributed by atoms with E-state index in [1.807, 2.05) is 6.92 Å². The summed E-state index contributed by atoms with van der Waals surface area (Å²) in [5.74, 6) is 0.487. The molecule has 136 valence electrons. The number of benzene rings is 2. The van der Waals surface area contributed by atoms with Crippen LogP contribution in [0, 0.1) is 0 Å². The van der Waals surface area contributed by atoms with Gasteiger partial charge in [0.2, 0.25) is 0 Å². The maximum Gasteiger partial charge on any atom is 1.00 e. The van der Waals surface area contributed by atoms with E-state index in [9.17, 15) is 13.0 Å². The van der Waals surface area contributed by atoms with Gasteiger partial charge in [-0.05, 0) is 13.0 Å². The third-order valence-corrected chi connectivity index (χ3v) is 4.52. The van der Waals surface area contributed by atoms with Gasteiger partial charge in [-0.1, -0.05) is 24.3 Å². The number of anilines is 1. The van der Waals surface area contributed by atoms with Crippen LogP contribution in [0.3, 0.4) is 0 Å². The molecule has 0 saturated carbocycles. The van der Waals surface area contributed by atoms with Gasteiger partial charge in [-0.2, -0.15) is 8.42 Å². The molecule has 27 heavy (non-hydrogen) atoms. The van der Waals surface area contributed by atoms with Crippen molar-refractivity contribution in [3.63, 3.8) is 0 Å². The Labute approximate surface area is 180 Å². The molecule has 8 nitrogen and oxygen atoms in total. The van der Waals surface area contributed by atoms with Crippen molar-refractivity contribution in [3.8, 4) is 5.75 Å². The molecule has 1 aromatic heterocycles. The Morgan fingerprint density at radius 3 is 2.52 bits per heavy atom. The average Bonchev–Trinajstić information content (AvgIpc) is 2.62. The predicted octanol–water partition coefficient (Wildman–Crippen LogP) is 0.994. The van der Waals surface area contributed by atoms with E-state index in [1.165, 1.54) is 12.3 Å². The summed E-state index contributed by atoms with van der Waals surface area (Å²) in [4.78, 5) is 3.68. The molecule has 3 rings (SSSR count). The van der Waals surface area contributed by atoms with Gasteiger partial charge in [-0.3, -0.25) is 9.54 Å². The van der Waals surface area contributed by atoms with Gasteiger partial charge in [0.25, 0.3) is 10.1 Å². The molecule has 1 heterocycles. The minimum absolute atomic E-state index is 0. The second kappa shape index (κ2) is 8.77. The Morgan fingerprint density at radius 1 is 1.19 bits per heavy atom. The van der Waals surface area contributed by atoms with E-state index in [-0.39, 0.29) is 47.3 Å². The van der Waals surface area contributed by atoms with Gasteiger partial charge in [0.05, 0.1) is 18.5 Å². The fraction of sp³-hybridized carbons (Fsp3) is 0.118. The first kappa shape index (κ1) is 21.3. The van der Waals surface area contributed by atoms with Crippen LogP contribution in [0.15, 0.2) is 63.9 Å². The van der Waals surface area contributed by atoms with E-state index in [4.69, 9.17) is 10.5 Å². The quantitative estimate of drug-likeness (QED) is 0.287. The van der Waals surface area contributed by atoms with Gasteiger partial charge in [0, 0.05) is 23.0 Å². The summed E-state index contributed by atoms with van der Waals surface area (Å²) in [6, 6.07) is 9.40. The Hall–Kier alpha value is -2.04. The zero-order valence-electron chi connectivity index (χ0n) is 15.8. The first-order chi connectivity index (χ1) is 12.4. The molecule has 0 bridgehead atoms. The van der Waals surface area contributed by atoms with Crippen LogP contribution < -0.4 is 40.0 Å². The molecule has 3 aromatic rings. The zero-order valence-corrected chi connectivity index (χ0v) is 17.6. The van der Waals surface area contributed by atoms with Crippen LogP contribution >= 0.6 is 0 Å². The Kier molecular flexibility index (Phi) is 6.90. The smallest absolute Gasteiger partial charge is 1.00 e. The molecule has 0 radical (unpaired) electrons. The molecule has 0 aliphatic rings. The van der Waals surface area contributed by atoms with E-state index in [0.717, 1.165) is 0 Å². The summed E-state index contributed by atoms with van der Waals surface area (Å²) in [7, 11) is -4.46. The molecule has 0 aliphatic heterocycles. The van der Waals surface area contributed by atoms with Gasteiger partial charge < -0.3 is 11.9 Å². The van der Waals surface area contributed by atoms with Crippen molar-refractivity contribution >= 4 is 38.0 Å². The normalized spacial score (nSPS) is 11.5. The Bertz CT molecular complexity index is 1110. The molecule has 3 N–H and O–H groups in total. The van der Waals surface area contributed by atoms with Crippen LogP contribution in [0.5, 0.6) is 5.75 Å².